The Morgan fingerprint density at radius 1 is 1.06 bits per heavy atom. The minimum atomic E-state index is -0.234. The van der Waals surface area contributed by atoms with Gasteiger partial charge >= 0.3 is 0 Å². The zero-order chi connectivity index (χ0) is 13.0. The molecule has 1 nitrogen and oxygen atoms in total. The normalized spacial score (nSPS) is 10.6. The van der Waals surface area contributed by atoms with Gasteiger partial charge in [0, 0.05) is 28.1 Å². The maximum Gasteiger partial charge on any atom is 0.127 e. The third-order valence-electron chi connectivity index (χ3n) is 2.57. The number of benzene rings is 2. The summed E-state index contributed by atoms with van der Waals surface area (Å²) in [6.07, 6.45) is 0. The lowest BCUT2D eigenvalue weighted by Gasteiger charge is -2.07. The van der Waals surface area contributed by atoms with Crippen molar-refractivity contribution in [1.29, 1.82) is 0 Å². The topological polar surface area (TPSA) is 12.0 Å². The van der Waals surface area contributed by atoms with Crippen LogP contribution < -0.4 is 5.32 Å². The molecule has 0 aliphatic heterocycles. The van der Waals surface area contributed by atoms with Crippen LogP contribution in [0.1, 0.15) is 11.1 Å². The minimum absolute atomic E-state index is 0.234. The van der Waals surface area contributed by atoms with Crippen molar-refractivity contribution in [3.63, 3.8) is 0 Å². The first-order valence-electron chi connectivity index (χ1n) is 5.54. The highest BCUT2D eigenvalue weighted by molar-refractivity contribution is 9.10. The standard InChI is InChI=1S/C14H12BrClFN/c15-12-3-1-10(2-4-12)8-18-9-11-7-13(16)5-6-14(11)17/h1-7,18H,8-9H2. The third-order valence-corrected chi connectivity index (χ3v) is 3.33. The molecule has 0 unspecified atom stereocenters. The van der Waals surface area contributed by atoms with E-state index in [-0.39, 0.29) is 5.82 Å². The number of hydrogen-bond acceptors (Lipinski definition) is 1. The third kappa shape index (κ3) is 3.80. The number of halogens is 3. The molecule has 18 heavy (non-hydrogen) atoms. The summed E-state index contributed by atoms with van der Waals surface area (Å²) >= 11 is 9.21. The van der Waals surface area contributed by atoms with Crippen molar-refractivity contribution in [3.05, 3.63) is 68.9 Å². The molecule has 0 aromatic heterocycles. The summed E-state index contributed by atoms with van der Waals surface area (Å²) in [6.45, 7) is 1.15. The molecule has 0 saturated carbocycles. The molecule has 0 heterocycles. The largest absolute Gasteiger partial charge is 0.309 e. The van der Waals surface area contributed by atoms with E-state index < -0.39 is 0 Å². The van der Waals surface area contributed by atoms with Crippen LogP contribution in [0, 0.1) is 5.82 Å². The van der Waals surface area contributed by atoms with Gasteiger partial charge in [0.15, 0.2) is 0 Å². The summed E-state index contributed by atoms with van der Waals surface area (Å²) in [5.41, 5.74) is 1.74. The molecule has 4 heteroatoms. The van der Waals surface area contributed by atoms with Crippen molar-refractivity contribution in [3.8, 4) is 0 Å². The van der Waals surface area contributed by atoms with Crippen molar-refractivity contribution in [2.45, 2.75) is 13.1 Å². The maximum atomic E-state index is 13.4. The number of hydrogen-bond donors (Lipinski definition) is 1. The number of nitrogens with one attached hydrogen (secondary N) is 1. The Labute approximate surface area is 119 Å². The molecule has 2 rings (SSSR count). The van der Waals surface area contributed by atoms with Gasteiger partial charge in [0.05, 0.1) is 0 Å². The van der Waals surface area contributed by atoms with E-state index in [0.29, 0.717) is 23.7 Å². The van der Waals surface area contributed by atoms with Crippen LogP contribution in [0.15, 0.2) is 46.9 Å². The van der Waals surface area contributed by atoms with Gasteiger partial charge in [-0.15, -0.1) is 0 Å². The SMILES string of the molecule is Fc1ccc(Cl)cc1CNCc1ccc(Br)cc1. The fourth-order valence-electron chi connectivity index (χ4n) is 1.62. The second-order valence-electron chi connectivity index (χ2n) is 3.97. The van der Waals surface area contributed by atoms with Gasteiger partial charge in [0.25, 0.3) is 0 Å². The first-order valence-corrected chi connectivity index (χ1v) is 6.71. The van der Waals surface area contributed by atoms with Gasteiger partial charge in [-0.3, -0.25) is 0 Å². The fraction of sp³-hybridized carbons (Fsp3) is 0.143. The van der Waals surface area contributed by atoms with Gasteiger partial charge in [-0.1, -0.05) is 39.7 Å². The van der Waals surface area contributed by atoms with Crippen LogP contribution in [-0.2, 0) is 13.1 Å². The van der Waals surface area contributed by atoms with E-state index in [1.165, 1.54) is 6.07 Å². The molecule has 0 atom stereocenters. The van der Waals surface area contributed by atoms with E-state index in [0.717, 1.165) is 10.0 Å². The van der Waals surface area contributed by atoms with Crippen LogP contribution >= 0.6 is 27.5 Å². The van der Waals surface area contributed by atoms with Gasteiger partial charge in [-0.25, -0.2) is 4.39 Å². The van der Waals surface area contributed by atoms with Gasteiger partial charge in [-0.2, -0.15) is 0 Å². The lowest BCUT2D eigenvalue weighted by atomic mass is 10.2. The highest BCUT2D eigenvalue weighted by atomic mass is 79.9. The lowest BCUT2D eigenvalue weighted by Crippen LogP contribution is -2.13. The molecule has 0 radical (unpaired) electrons. The quantitative estimate of drug-likeness (QED) is 0.869. The Morgan fingerprint density at radius 3 is 2.50 bits per heavy atom. The van der Waals surface area contributed by atoms with Crippen LogP contribution in [0.2, 0.25) is 5.02 Å². The molecule has 0 saturated heterocycles. The van der Waals surface area contributed by atoms with Crippen molar-refractivity contribution >= 4 is 27.5 Å². The Bertz CT molecular complexity index is 528. The average molecular weight is 329 g/mol. The van der Waals surface area contributed by atoms with E-state index in [2.05, 4.69) is 21.2 Å². The van der Waals surface area contributed by atoms with E-state index in [9.17, 15) is 4.39 Å². The molecule has 0 fully saturated rings. The molecule has 1 N–H and O–H groups in total. The van der Waals surface area contributed by atoms with Crippen LogP contribution in [0.4, 0.5) is 4.39 Å². The number of rotatable bonds is 4. The highest BCUT2D eigenvalue weighted by Crippen LogP contribution is 2.15. The summed E-state index contributed by atoms with van der Waals surface area (Å²) in [5, 5.41) is 3.74. The van der Waals surface area contributed by atoms with Crippen molar-refractivity contribution in [2.75, 3.05) is 0 Å². The molecule has 0 amide bonds. The molecule has 0 aliphatic carbocycles. The Morgan fingerprint density at radius 2 is 1.78 bits per heavy atom. The lowest BCUT2D eigenvalue weighted by molar-refractivity contribution is 0.588. The first kappa shape index (κ1) is 13.5. The van der Waals surface area contributed by atoms with Crippen LogP contribution in [-0.4, -0.2) is 0 Å². The maximum absolute atomic E-state index is 13.4. The summed E-state index contributed by atoms with van der Waals surface area (Å²) in [6, 6.07) is 12.6. The van der Waals surface area contributed by atoms with E-state index in [4.69, 9.17) is 11.6 Å². The molecular formula is C14H12BrClFN. The summed E-state index contributed by atoms with van der Waals surface area (Å²) in [7, 11) is 0. The summed E-state index contributed by atoms with van der Waals surface area (Å²) in [4.78, 5) is 0. The highest BCUT2D eigenvalue weighted by Gasteiger charge is 2.02. The zero-order valence-electron chi connectivity index (χ0n) is 9.59. The molecular weight excluding hydrogens is 317 g/mol. The van der Waals surface area contributed by atoms with Crippen molar-refractivity contribution in [1.82, 2.24) is 5.32 Å². The second-order valence-corrected chi connectivity index (χ2v) is 5.32. The smallest absolute Gasteiger partial charge is 0.127 e. The Balaban J connectivity index is 1.92. The van der Waals surface area contributed by atoms with Crippen molar-refractivity contribution in [2.24, 2.45) is 0 Å². The second kappa shape index (κ2) is 6.32. The summed E-state index contributed by atoms with van der Waals surface area (Å²) in [5.74, 6) is -0.234. The monoisotopic (exact) mass is 327 g/mol. The zero-order valence-corrected chi connectivity index (χ0v) is 11.9. The van der Waals surface area contributed by atoms with Crippen LogP contribution in [0.5, 0.6) is 0 Å². The van der Waals surface area contributed by atoms with Gasteiger partial charge in [0.1, 0.15) is 5.82 Å². The Kier molecular flexibility index (Phi) is 4.75. The fourth-order valence-corrected chi connectivity index (χ4v) is 2.08. The van der Waals surface area contributed by atoms with Crippen LogP contribution in [0.25, 0.3) is 0 Å². The molecule has 2 aromatic rings. The van der Waals surface area contributed by atoms with Crippen LogP contribution in [0.3, 0.4) is 0 Å². The minimum Gasteiger partial charge on any atom is -0.309 e. The van der Waals surface area contributed by atoms with Crippen molar-refractivity contribution < 1.29 is 4.39 Å². The first-order chi connectivity index (χ1) is 8.65. The van der Waals surface area contributed by atoms with Gasteiger partial charge in [-0.05, 0) is 35.9 Å². The average Bonchev–Trinajstić information content (AvgIpc) is 2.36. The summed E-state index contributed by atoms with van der Waals surface area (Å²) < 4.78 is 14.5. The van der Waals surface area contributed by atoms with E-state index in [1.54, 1.807) is 12.1 Å². The van der Waals surface area contributed by atoms with E-state index in [1.807, 2.05) is 24.3 Å². The Hall–Kier alpha value is -0.900. The molecule has 0 spiro atoms. The predicted octanol–water partition coefficient (Wildman–Crippen LogP) is 4.53. The molecule has 0 bridgehead atoms. The van der Waals surface area contributed by atoms with Gasteiger partial charge < -0.3 is 5.32 Å². The molecule has 94 valence electrons. The predicted molar refractivity (Wildman–Crippen MR) is 76.1 cm³/mol. The van der Waals surface area contributed by atoms with E-state index >= 15 is 0 Å². The van der Waals surface area contributed by atoms with Gasteiger partial charge in [0.2, 0.25) is 0 Å². The molecule has 0 aliphatic rings. The molecule has 2 aromatic carbocycles.